The van der Waals surface area contributed by atoms with Crippen LogP contribution in [-0.2, 0) is 11.2 Å². The normalized spacial score (nSPS) is 11.0. The number of nitrogens with zero attached hydrogens (tertiary/aromatic N) is 2. The van der Waals surface area contributed by atoms with Gasteiger partial charge < -0.3 is 9.14 Å². The van der Waals surface area contributed by atoms with Crippen molar-refractivity contribution < 1.29 is 4.74 Å². The van der Waals surface area contributed by atoms with Gasteiger partial charge in [0.1, 0.15) is 5.82 Å². The van der Waals surface area contributed by atoms with E-state index in [1.807, 2.05) is 12.3 Å². The lowest BCUT2D eigenvalue weighted by Gasteiger charge is -2.03. The van der Waals surface area contributed by atoms with Crippen LogP contribution in [0.4, 0.5) is 0 Å². The number of rotatable bonds is 3. The van der Waals surface area contributed by atoms with Gasteiger partial charge in [0.2, 0.25) is 0 Å². The molecule has 0 aliphatic heterocycles. The second kappa shape index (κ2) is 3.80. The Bertz CT molecular complexity index is 434. The summed E-state index contributed by atoms with van der Waals surface area (Å²) >= 11 is 0. The van der Waals surface area contributed by atoms with Gasteiger partial charge in [0.15, 0.2) is 0 Å². The summed E-state index contributed by atoms with van der Waals surface area (Å²) in [5, 5.41) is 0. The SMILES string of the molecule is COCCc1ncc2cccc(C)n12. The summed E-state index contributed by atoms with van der Waals surface area (Å²) in [6.45, 7) is 2.80. The number of pyridine rings is 1. The van der Waals surface area contributed by atoms with E-state index in [9.17, 15) is 0 Å². The fraction of sp³-hybridized carbons (Fsp3) is 0.364. The number of aromatic nitrogens is 2. The predicted molar refractivity (Wildman–Crippen MR) is 55.5 cm³/mol. The van der Waals surface area contributed by atoms with E-state index in [1.54, 1.807) is 7.11 Å². The van der Waals surface area contributed by atoms with Crippen molar-refractivity contribution in [3.63, 3.8) is 0 Å². The zero-order chi connectivity index (χ0) is 9.97. The Labute approximate surface area is 83.3 Å². The first-order chi connectivity index (χ1) is 6.83. The van der Waals surface area contributed by atoms with Crippen molar-refractivity contribution in [1.29, 1.82) is 0 Å². The zero-order valence-corrected chi connectivity index (χ0v) is 8.53. The Hall–Kier alpha value is -1.35. The van der Waals surface area contributed by atoms with E-state index < -0.39 is 0 Å². The van der Waals surface area contributed by atoms with Gasteiger partial charge in [-0.15, -0.1) is 0 Å². The first-order valence-corrected chi connectivity index (χ1v) is 4.74. The van der Waals surface area contributed by atoms with Gasteiger partial charge in [-0.2, -0.15) is 0 Å². The van der Waals surface area contributed by atoms with Crippen molar-refractivity contribution in [2.45, 2.75) is 13.3 Å². The van der Waals surface area contributed by atoms with E-state index in [2.05, 4.69) is 28.4 Å². The van der Waals surface area contributed by atoms with Crippen LogP contribution >= 0.6 is 0 Å². The first-order valence-electron chi connectivity index (χ1n) is 4.74. The molecular weight excluding hydrogens is 176 g/mol. The zero-order valence-electron chi connectivity index (χ0n) is 8.53. The summed E-state index contributed by atoms with van der Waals surface area (Å²) in [6, 6.07) is 6.20. The van der Waals surface area contributed by atoms with E-state index >= 15 is 0 Å². The van der Waals surface area contributed by atoms with Gasteiger partial charge in [-0.1, -0.05) is 6.07 Å². The van der Waals surface area contributed by atoms with Crippen LogP contribution in [-0.4, -0.2) is 23.1 Å². The lowest BCUT2D eigenvalue weighted by Crippen LogP contribution is -2.02. The molecule has 0 radical (unpaired) electrons. The van der Waals surface area contributed by atoms with Gasteiger partial charge in [0.25, 0.3) is 0 Å². The number of methoxy groups -OCH3 is 1. The van der Waals surface area contributed by atoms with Crippen LogP contribution in [0.2, 0.25) is 0 Å². The van der Waals surface area contributed by atoms with Crippen LogP contribution in [0.5, 0.6) is 0 Å². The van der Waals surface area contributed by atoms with Gasteiger partial charge in [0.05, 0.1) is 18.3 Å². The monoisotopic (exact) mass is 190 g/mol. The highest BCUT2D eigenvalue weighted by Gasteiger charge is 2.04. The lowest BCUT2D eigenvalue weighted by atomic mass is 10.3. The molecule has 2 heterocycles. The summed E-state index contributed by atoms with van der Waals surface area (Å²) < 4.78 is 7.22. The molecule has 0 aliphatic carbocycles. The third-order valence-corrected chi connectivity index (χ3v) is 2.35. The molecule has 2 aromatic rings. The average molecular weight is 190 g/mol. The summed E-state index contributed by atoms with van der Waals surface area (Å²) in [5.74, 6) is 1.07. The molecule has 0 aromatic carbocycles. The second-order valence-electron chi connectivity index (χ2n) is 3.34. The Morgan fingerprint density at radius 3 is 3.07 bits per heavy atom. The van der Waals surface area contributed by atoms with Crippen LogP contribution < -0.4 is 0 Å². The fourth-order valence-corrected chi connectivity index (χ4v) is 1.66. The maximum Gasteiger partial charge on any atom is 0.115 e. The number of hydrogen-bond acceptors (Lipinski definition) is 2. The molecule has 0 unspecified atom stereocenters. The topological polar surface area (TPSA) is 26.5 Å². The molecule has 14 heavy (non-hydrogen) atoms. The van der Waals surface area contributed by atoms with E-state index in [0.29, 0.717) is 6.61 Å². The molecule has 0 amide bonds. The molecule has 0 saturated heterocycles. The van der Waals surface area contributed by atoms with Gasteiger partial charge in [-0.25, -0.2) is 4.98 Å². The third-order valence-electron chi connectivity index (χ3n) is 2.35. The van der Waals surface area contributed by atoms with Crippen molar-refractivity contribution in [2.75, 3.05) is 13.7 Å². The summed E-state index contributed by atoms with van der Waals surface area (Å²) in [7, 11) is 1.71. The Morgan fingerprint density at radius 1 is 1.43 bits per heavy atom. The standard InChI is InChI=1S/C11H14N2O/c1-9-4-3-5-10-8-12-11(13(9)10)6-7-14-2/h3-5,8H,6-7H2,1-2H3. The minimum absolute atomic E-state index is 0.716. The van der Waals surface area contributed by atoms with Crippen molar-refractivity contribution in [1.82, 2.24) is 9.38 Å². The van der Waals surface area contributed by atoms with Gasteiger partial charge >= 0.3 is 0 Å². The van der Waals surface area contributed by atoms with Crippen LogP contribution in [0.25, 0.3) is 5.52 Å². The molecule has 0 N–H and O–H groups in total. The molecule has 3 heteroatoms. The van der Waals surface area contributed by atoms with Crippen LogP contribution in [0.15, 0.2) is 24.4 Å². The third kappa shape index (κ3) is 1.51. The highest BCUT2D eigenvalue weighted by atomic mass is 16.5. The minimum Gasteiger partial charge on any atom is -0.384 e. The Kier molecular flexibility index (Phi) is 2.50. The van der Waals surface area contributed by atoms with Crippen molar-refractivity contribution in [2.24, 2.45) is 0 Å². The maximum atomic E-state index is 5.05. The molecule has 0 bridgehead atoms. The van der Waals surface area contributed by atoms with Crippen molar-refractivity contribution in [3.05, 3.63) is 35.9 Å². The molecule has 0 fully saturated rings. The van der Waals surface area contributed by atoms with Crippen LogP contribution in [0.1, 0.15) is 11.5 Å². The maximum absolute atomic E-state index is 5.05. The highest BCUT2D eigenvalue weighted by Crippen LogP contribution is 2.10. The quantitative estimate of drug-likeness (QED) is 0.738. The molecule has 2 aromatic heterocycles. The summed E-state index contributed by atoms with van der Waals surface area (Å²) in [5.41, 5.74) is 2.36. The van der Waals surface area contributed by atoms with E-state index in [1.165, 1.54) is 5.69 Å². The van der Waals surface area contributed by atoms with Gasteiger partial charge in [-0.3, -0.25) is 0 Å². The number of hydrogen-bond donors (Lipinski definition) is 0. The number of aryl methyl sites for hydroxylation is 1. The van der Waals surface area contributed by atoms with Gasteiger partial charge in [0, 0.05) is 19.2 Å². The average Bonchev–Trinajstić information content (AvgIpc) is 2.59. The van der Waals surface area contributed by atoms with Crippen LogP contribution in [0, 0.1) is 6.92 Å². The first kappa shape index (κ1) is 9.21. The second-order valence-corrected chi connectivity index (χ2v) is 3.34. The smallest absolute Gasteiger partial charge is 0.115 e. The largest absolute Gasteiger partial charge is 0.384 e. The molecular formula is C11H14N2O. The molecule has 74 valence electrons. The molecule has 0 atom stereocenters. The molecule has 0 aliphatic rings. The van der Waals surface area contributed by atoms with E-state index in [4.69, 9.17) is 4.74 Å². The highest BCUT2D eigenvalue weighted by molar-refractivity contribution is 5.47. The van der Waals surface area contributed by atoms with Crippen molar-refractivity contribution in [3.8, 4) is 0 Å². The summed E-state index contributed by atoms with van der Waals surface area (Å²) in [4.78, 5) is 4.38. The molecule has 0 saturated carbocycles. The van der Waals surface area contributed by atoms with Crippen LogP contribution in [0.3, 0.4) is 0 Å². The predicted octanol–water partition coefficient (Wildman–Crippen LogP) is 1.83. The summed E-state index contributed by atoms with van der Waals surface area (Å²) in [6.07, 6.45) is 2.76. The van der Waals surface area contributed by atoms with E-state index in [0.717, 1.165) is 17.8 Å². The fourth-order valence-electron chi connectivity index (χ4n) is 1.66. The Balaban J connectivity index is 2.45. The Morgan fingerprint density at radius 2 is 2.29 bits per heavy atom. The molecule has 2 rings (SSSR count). The minimum atomic E-state index is 0.716. The number of ether oxygens (including phenoxy) is 1. The number of fused-ring (bicyclic) bond motifs is 1. The van der Waals surface area contributed by atoms with E-state index in [-0.39, 0.29) is 0 Å². The molecule has 3 nitrogen and oxygen atoms in total. The number of imidazole rings is 1. The van der Waals surface area contributed by atoms with Crippen molar-refractivity contribution >= 4 is 5.52 Å². The van der Waals surface area contributed by atoms with Gasteiger partial charge in [-0.05, 0) is 19.1 Å². The molecule has 0 spiro atoms. The lowest BCUT2D eigenvalue weighted by molar-refractivity contribution is 0.200.